The summed E-state index contributed by atoms with van der Waals surface area (Å²) in [5.74, 6) is 0.528. The Bertz CT molecular complexity index is 1150. The summed E-state index contributed by atoms with van der Waals surface area (Å²) in [5, 5.41) is 11.9. The molecule has 2 aromatic heterocycles. The molecule has 0 unspecified atom stereocenters. The average molecular weight is 367 g/mol. The summed E-state index contributed by atoms with van der Waals surface area (Å²) in [6.07, 6.45) is 3.25. The standard InChI is InChI=1S/C17H11ClN6S/c18-13-6-2-1-5-12(13)16-22-23-17(25)24(16)20-10-11-9-19-14-7-3-4-8-15(14)21-11/h1-10H,(H,23,25)/b20-10-. The van der Waals surface area contributed by atoms with Gasteiger partial charge in [0.1, 0.15) is 5.69 Å². The van der Waals surface area contributed by atoms with Crippen molar-refractivity contribution in [3.05, 3.63) is 70.2 Å². The molecule has 2 aromatic carbocycles. The minimum Gasteiger partial charge on any atom is -0.252 e. The van der Waals surface area contributed by atoms with Gasteiger partial charge in [-0.15, -0.1) is 0 Å². The first kappa shape index (κ1) is 15.6. The molecule has 0 bridgehead atoms. The largest absolute Gasteiger partial charge is 0.252 e. The van der Waals surface area contributed by atoms with Crippen molar-refractivity contribution in [1.82, 2.24) is 24.8 Å². The van der Waals surface area contributed by atoms with E-state index in [1.165, 1.54) is 4.68 Å². The number of rotatable bonds is 3. The predicted molar refractivity (Wildman–Crippen MR) is 100 cm³/mol. The van der Waals surface area contributed by atoms with Gasteiger partial charge in [0.2, 0.25) is 4.77 Å². The van der Waals surface area contributed by atoms with E-state index in [1.54, 1.807) is 18.5 Å². The van der Waals surface area contributed by atoms with Gasteiger partial charge in [0.25, 0.3) is 0 Å². The van der Waals surface area contributed by atoms with Crippen molar-refractivity contribution in [2.75, 3.05) is 0 Å². The lowest BCUT2D eigenvalue weighted by Gasteiger charge is -2.03. The van der Waals surface area contributed by atoms with E-state index in [4.69, 9.17) is 23.8 Å². The second kappa shape index (κ2) is 6.54. The normalized spacial score (nSPS) is 11.4. The highest BCUT2D eigenvalue weighted by Crippen LogP contribution is 2.25. The lowest BCUT2D eigenvalue weighted by molar-refractivity contribution is 0.870. The van der Waals surface area contributed by atoms with E-state index in [-0.39, 0.29) is 0 Å². The number of nitrogens with zero attached hydrogens (tertiary/aromatic N) is 5. The molecular weight excluding hydrogens is 356 g/mol. The molecule has 8 heteroatoms. The Morgan fingerprint density at radius 1 is 1.08 bits per heavy atom. The number of fused-ring (bicyclic) bond motifs is 1. The molecule has 0 aliphatic carbocycles. The van der Waals surface area contributed by atoms with Gasteiger partial charge in [-0.3, -0.25) is 4.98 Å². The number of halogens is 1. The Balaban J connectivity index is 1.75. The van der Waals surface area contributed by atoms with Crippen molar-refractivity contribution in [3.63, 3.8) is 0 Å². The monoisotopic (exact) mass is 366 g/mol. The maximum absolute atomic E-state index is 6.25. The Hall–Kier alpha value is -2.90. The van der Waals surface area contributed by atoms with Crippen LogP contribution in [0.4, 0.5) is 0 Å². The Kier molecular flexibility index (Phi) is 4.09. The molecule has 0 aliphatic heterocycles. The van der Waals surface area contributed by atoms with Gasteiger partial charge >= 0.3 is 0 Å². The van der Waals surface area contributed by atoms with Crippen LogP contribution in [0.25, 0.3) is 22.4 Å². The lowest BCUT2D eigenvalue weighted by atomic mass is 10.2. The predicted octanol–water partition coefficient (Wildman–Crippen LogP) is 4.09. The lowest BCUT2D eigenvalue weighted by Crippen LogP contribution is -1.97. The fourth-order valence-corrected chi connectivity index (χ4v) is 2.77. The number of H-pyrrole nitrogens is 1. The van der Waals surface area contributed by atoms with E-state index in [2.05, 4.69) is 25.3 Å². The van der Waals surface area contributed by atoms with Crippen molar-refractivity contribution >= 4 is 41.1 Å². The van der Waals surface area contributed by atoms with Crippen LogP contribution in [0.2, 0.25) is 5.02 Å². The molecule has 0 saturated heterocycles. The van der Waals surface area contributed by atoms with Gasteiger partial charge in [0.15, 0.2) is 5.82 Å². The molecule has 4 rings (SSSR count). The third-order valence-electron chi connectivity index (χ3n) is 3.54. The van der Waals surface area contributed by atoms with Crippen LogP contribution in [0.3, 0.4) is 0 Å². The summed E-state index contributed by atoms with van der Waals surface area (Å²) in [6, 6.07) is 15.0. The van der Waals surface area contributed by atoms with Crippen molar-refractivity contribution in [1.29, 1.82) is 0 Å². The van der Waals surface area contributed by atoms with Gasteiger partial charge < -0.3 is 0 Å². The van der Waals surface area contributed by atoms with E-state index >= 15 is 0 Å². The van der Waals surface area contributed by atoms with Gasteiger partial charge in [-0.2, -0.15) is 14.9 Å². The molecule has 4 aromatic rings. The highest BCUT2D eigenvalue weighted by atomic mass is 35.5. The molecule has 25 heavy (non-hydrogen) atoms. The van der Waals surface area contributed by atoms with Crippen LogP contribution < -0.4 is 0 Å². The van der Waals surface area contributed by atoms with Crippen molar-refractivity contribution in [2.24, 2.45) is 5.10 Å². The first-order valence-corrected chi connectivity index (χ1v) is 8.19. The molecule has 1 N–H and O–H groups in total. The number of benzene rings is 2. The number of hydrogen-bond acceptors (Lipinski definition) is 5. The minimum atomic E-state index is 0.361. The molecule has 0 amide bonds. The van der Waals surface area contributed by atoms with Crippen LogP contribution in [0, 0.1) is 4.77 Å². The SMILES string of the molecule is S=c1[nH]nc(-c2ccccc2Cl)n1/N=C\c1cnc2ccccc2n1. The number of para-hydroxylation sites is 2. The van der Waals surface area contributed by atoms with Gasteiger partial charge in [0, 0.05) is 5.56 Å². The smallest absolute Gasteiger partial charge is 0.216 e. The molecule has 0 aliphatic rings. The first-order chi connectivity index (χ1) is 12.2. The van der Waals surface area contributed by atoms with E-state index in [1.807, 2.05) is 42.5 Å². The number of aromatic nitrogens is 5. The second-order valence-corrected chi connectivity index (χ2v) is 5.97. The number of hydrogen-bond donors (Lipinski definition) is 1. The number of aromatic amines is 1. The highest BCUT2D eigenvalue weighted by Gasteiger charge is 2.11. The Morgan fingerprint density at radius 3 is 2.68 bits per heavy atom. The molecule has 6 nitrogen and oxygen atoms in total. The summed E-state index contributed by atoms with van der Waals surface area (Å²) >= 11 is 11.5. The third-order valence-corrected chi connectivity index (χ3v) is 4.13. The summed E-state index contributed by atoms with van der Waals surface area (Å²) in [5.41, 5.74) is 2.98. The summed E-state index contributed by atoms with van der Waals surface area (Å²) < 4.78 is 1.87. The molecule has 2 heterocycles. The van der Waals surface area contributed by atoms with Crippen LogP contribution >= 0.6 is 23.8 Å². The molecule has 0 radical (unpaired) electrons. The van der Waals surface area contributed by atoms with Gasteiger partial charge in [-0.1, -0.05) is 35.9 Å². The van der Waals surface area contributed by atoms with Gasteiger partial charge in [-0.05, 0) is 36.5 Å². The topological polar surface area (TPSA) is 71.8 Å². The summed E-state index contributed by atoms with van der Waals surface area (Å²) in [7, 11) is 0. The quantitative estimate of drug-likeness (QED) is 0.438. The average Bonchev–Trinajstić information content (AvgIpc) is 3.00. The molecule has 0 spiro atoms. The number of nitrogens with one attached hydrogen (secondary N) is 1. The van der Waals surface area contributed by atoms with Crippen molar-refractivity contribution in [3.8, 4) is 11.4 Å². The second-order valence-electron chi connectivity index (χ2n) is 5.17. The third kappa shape index (κ3) is 3.07. The maximum atomic E-state index is 6.25. The van der Waals surface area contributed by atoms with Crippen LogP contribution in [-0.4, -0.2) is 31.1 Å². The van der Waals surface area contributed by atoms with E-state index < -0.39 is 0 Å². The first-order valence-electron chi connectivity index (χ1n) is 7.41. The maximum Gasteiger partial charge on any atom is 0.216 e. The van der Waals surface area contributed by atoms with Crippen LogP contribution in [0.5, 0.6) is 0 Å². The molecule has 0 atom stereocenters. The molecule has 122 valence electrons. The Labute approximate surface area is 152 Å². The van der Waals surface area contributed by atoms with Gasteiger partial charge in [-0.25, -0.2) is 10.1 Å². The summed E-state index contributed by atoms with van der Waals surface area (Å²) in [6.45, 7) is 0. The highest BCUT2D eigenvalue weighted by molar-refractivity contribution is 7.71. The van der Waals surface area contributed by atoms with E-state index in [0.717, 1.165) is 16.6 Å². The van der Waals surface area contributed by atoms with Crippen molar-refractivity contribution < 1.29 is 0 Å². The fourth-order valence-electron chi connectivity index (χ4n) is 2.37. The van der Waals surface area contributed by atoms with Crippen LogP contribution in [0.1, 0.15) is 5.69 Å². The van der Waals surface area contributed by atoms with Crippen LogP contribution in [0.15, 0.2) is 59.8 Å². The fraction of sp³-hybridized carbons (Fsp3) is 0. The zero-order valence-corrected chi connectivity index (χ0v) is 14.4. The van der Waals surface area contributed by atoms with E-state index in [9.17, 15) is 0 Å². The zero-order valence-electron chi connectivity index (χ0n) is 12.8. The molecule has 0 fully saturated rings. The molecular formula is C17H11ClN6S. The molecule has 0 saturated carbocycles. The zero-order chi connectivity index (χ0) is 17.2. The minimum absolute atomic E-state index is 0.361. The van der Waals surface area contributed by atoms with Crippen LogP contribution in [-0.2, 0) is 0 Å². The van der Waals surface area contributed by atoms with Gasteiger partial charge in [0.05, 0.1) is 28.5 Å². The Morgan fingerprint density at radius 2 is 1.84 bits per heavy atom. The summed E-state index contributed by atoms with van der Waals surface area (Å²) in [4.78, 5) is 8.87. The van der Waals surface area contributed by atoms with E-state index in [0.29, 0.717) is 21.3 Å². The van der Waals surface area contributed by atoms with Crippen molar-refractivity contribution in [2.45, 2.75) is 0 Å².